The van der Waals surface area contributed by atoms with E-state index in [1.807, 2.05) is 30.9 Å². The van der Waals surface area contributed by atoms with Gasteiger partial charge in [0.15, 0.2) is 6.17 Å². The molecule has 1 aliphatic heterocycles. The molecule has 1 N–H and O–H groups in total. The lowest BCUT2D eigenvalue weighted by Crippen LogP contribution is -2.45. The van der Waals surface area contributed by atoms with Gasteiger partial charge in [0.2, 0.25) is 0 Å². The monoisotopic (exact) mass is 201 g/mol. The number of aliphatic carboxylic acids is 1. The molecular weight excluding hydrogens is 182 g/mol. The zero-order chi connectivity index (χ0) is 10.7. The molecule has 0 bridgehead atoms. The Labute approximate surface area is 84.9 Å². The molecule has 1 unspecified atom stereocenters. The molecule has 82 valence electrons. The first-order chi connectivity index (χ1) is 6.52. The molecule has 0 aromatic carbocycles. The van der Waals surface area contributed by atoms with E-state index in [0.29, 0.717) is 0 Å². The van der Waals surface area contributed by atoms with E-state index in [-0.39, 0.29) is 0 Å². The van der Waals surface area contributed by atoms with E-state index in [1.165, 1.54) is 0 Å². The molecule has 1 saturated heterocycles. The second-order valence-electron chi connectivity index (χ2n) is 4.03. The summed E-state index contributed by atoms with van der Waals surface area (Å²) in [6, 6.07) is 0. The van der Waals surface area contributed by atoms with Crippen molar-refractivity contribution in [3.05, 3.63) is 0 Å². The molecule has 0 aromatic rings. The van der Waals surface area contributed by atoms with Crippen LogP contribution in [0.5, 0.6) is 0 Å². The minimum absolute atomic E-state index is 0.435. The summed E-state index contributed by atoms with van der Waals surface area (Å²) in [5.41, 5.74) is 0. The smallest absolute Gasteiger partial charge is 0.336 e. The maximum absolute atomic E-state index is 11.0. The number of carboxylic acids is 1. The second kappa shape index (κ2) is 4.72. The fraction of sp³-hybridized carbons (Fsp3) is 0.889. The van der Waals surface area contributed by atoms with Gasteiger partial charge in [-0.1, -0.05) is 0 Å². The van der Waals surface area contributed by atoms with Crippen LogP contribution in [0.3, 0.4) is 0 Å². The summed E-state index contributed by atoms with van der Waals surface area (Å²) in [4.78, 5) is 16.9. The van der Waals surface area contributed by atoms with Gasteiger partial charge in [0, 0.05) is 26.2 Å². The molecule has 0 aromatic heterocycles. The normalized spacial score (nSPS) is 24.7. The van der Waals surface area contributed by atoms with Gasteiger partial charge in [-0.2, -0.15) is 0 Å². The highest BCUT2D eigenvalue weighted by Crippen LogP contribution is 2.11. The Kier molecular flexibility index (Phi) is 3.86. The van der Waals surface area contributed by atoms with Crippen LogP contribution in [-0.2, 0) is 4.79 Å². The van der Waals surface area contributed by atoms with Crippen molar-refractivity contribution < 1.29 is 9.90 Å². The average molecular weight is 201 g/mol. The zero-order valence-electron chi connectivity index (χ0n) is 9.10. The molecule has 14 heavy (non-hydrogen) atoms. The maximum atomic E-state index is 11.0. The van der Waals surface area contributed by atoms with Gasteiger partial charge in [-0.05, 0) is 21.1 Å². The zero-order valence-corrected chi connectivity index (χ0v) is 9.10. The molecule has 1 atom stereocenters. The van der Waals surface area contributed by atoms with Crippen LogP contribution in [0.2, 0.25) is 0 Å². The average Bonchev–Trinajstić information content (AvgIpc) is 2.43. The van der Waals surface area contributed by atoms with Crippen molar-refractivity contribution in [1.82, 2.24) is 14.7 Å². The molecular formula is C9H19N3O2. The maximum Gasteiger partial charge on any atom is 0.336 e. The summed E-state index contributed by atoms with van der Waals surface area (Å²) in [6.07, 6.45) is -0.435. The largest absolute Gasteiger partial charge is 0.479 e. The first-order valence-electron chi connectivity index (χ1n) is 4.84. The first kappa shape index (κ1) is 11.4. The highest BCUT2D eigenvalue weighted by molar-refractivity contribution is 5.73. The van der Waals surface area contributed by atoms with Crippen LogP contribution in [0.25, 0.3) is 0 Å². The summed E-state index contributed by atoms with van der Waals surface area (Å²) in [5.74, 6) is -0.747. The van der Waals surface area contributed by atoms with E-state index in [0.717, 1.165) is 26.2 Å². The van der Waals surface area contributed by atoms with Gasteiger partial charge < -0.3 is 10.0 Å². The molecule has 1 aliphatic rings. The molecule has 5 heteroatoms. The lowest BCUT2D eigenvalue weighted by Gasteiger charge is -2.25. The van der Waals surface area contributed by atoms with Crippen LogP contribution < -0.4 is 0 Å². The van der Waals surface area contributed by atoms with E-state index in [2.05, 4.69) is 4.90 Å². The minimum atomic E-state index is -0.747. The summed E-state index contributed by atoms with van der Waals surface area (Å²) in [6.45, 7) is 3.40. The van der Waals surface area contributed by atoms with Crippen molar-refractivity contribution in [1.29, 1.82) is 0 Å². The number of carboxylic acid groups (broad SMARTS) is 1. The standard InChI is InChI=1S/C9H19N3O2/c1-10(2)4-6-12-7-5-11(3)8(12)9(13)14/h8H,4-7H2,1-3H3,(H,13,14). The summed E-state index contributed by atoms with van der Waals surface area (Å²) < 4.78 is 0. The highest BCUT2D eigenvalue weighted by atomic mass is 16.4. The minimum Gasteiger partial charge on any atom is -0.479 e. The molecule has 5 nitrogen and oxygen atoms in total. The second-order valence-corrected chi connectivity index (χ2v) is 4.03. The van der Waals surface area contributed by atoms with Gasteiger partial charge in [0.05, 0.1) is 0 Å². The van der Waals surface area contributed by atoms with Gasteiger partial charge in [-0.15, -0.1) is 0 Å². The van der Waals surface area contributed by atoms with Crippen LogP contribution in [0.4, 0.5) is 0 Å². The van der Waals surface area contributed by atoms with Crippen LogP contribution in [-0.4, -0.2) is 79.3 Å². The van der Waals surface area contributed by atoms with Crippen LogP contribution >= 0.6 is 0 Å². The Morgan fingerprint density at radius 3 is 2.64 bits per heavy atom. The lowest BCUT2D eigenvalue weighted by molar-refractivity contribution is -0.146. The Morgan fingerprint density at radius 1 is 1.50 bits per heavy atom. The predicted molar refractivity (Wildman–Crippen MR) is 54.2 cm³/mol. The van der Waals surface area contributed by atoms with E-state index in [1.54, 1.807) is 0 Å². The third-order valence-electron chi connectivity index (χ3n) is 2.56. The predicted octanol–water partition coefficient (Wildman–Crippen LogP) is -0.794. The van der Waals surface area contributed by atoms with Crippen LogP contribution in [0, 0.1) is 0 Å². The molecule has 0 amide bonds. The van der Waals surface area contributed by atoms with Gasteiger partial charge >= 0.3 is 5.97 Å². The quantitative estimate of drug-likeness (QED) is 0.645. The SMILES string of the molecule is CN(C)CCN1CCN(C)C1C(=O)O. The number of hydrogen-bond donors (Lipinski definition) is 1. The van der Waals surface area contributed by atoms with E-state index >= 15 is 0 Å². The molecule has 1 heterocycles. The van der Waals surface area contributed by atoms with Gasteiger partial charge in [-0.25, -0.2) is 4.79 Å². The van der Waals surface area contributed by atoms with E-state index in [9.17, 15) is 4.79 Å². The fourth-order valence-electron chi connectivity index (χ4n) is 1.72. The van der Waals surface area contributed by atoms with Gasteiger partial charge in [0.1, 0.15) is 0 Å². The molecule has 0 saturated carbocycles. The van der Waals surface area contributed by atoms with E-state index < -0.39 is 12.1 Å². The molecule has 0 radical (unpaired) electrons. The Bertz CT molecular complexity index is 208. The van der Waals surface area contributed by atoms with Crippen molar-refractivity contribution in [2.24, 2.45) is 0 Å². The Morgan fingerprint density at radius 2 is 2.14 bits per heavy atom. The number of nitrogens with zero attached hydrogens (tertiary/aromatic N) is 3. The molecule has 1 rings (SSSR count). The van der Waals surface area contributed by atoms with Crippen molar-refractivity contribution in [3.8, 4) is 0 Å². The first-order valence-corrected chi connectivity index (χ1v) is 4.84. The van der Waals surface area contributed by atoms with Crippen LogP contribution in [0.15, 0.2) is 0 Å². The molecule has 1 fully saturated rings. The van der Waals surface area contributed by atoms with E-state index in [4.69, 9.17) is 5.11 Å². The third-order valence-corrected chi connectivity index (χ3v) is 2.56. The van der Waals surface area contributed by atoms with Gasteiger partial charge in [-0.3, -0.25) is 9.80 Å². The molecule has 0 spiro atoms. The lowest BCUT2D eigenvalue weighted by atomic mass is 10.4. The van der Waals surface area contributed by atoms with Crippen molar-refractivity contribution in [2.45, 2.75) is 6.17 Å². The van der Waals surface area contributed by atoms with Crippen LogP contribution in [0.1, 0.15) is 0 Å². The third kappa shape index (κ3) is 2.67. The Balaban J connectivity index is 2.47. The van der Waals surface area contributed by atoms with Crippen molar-refractivity contribution in [3.63, 3.8) is 0 Å². The topological polar surface area (TPSA) is 47.0 Å². The summed E-state index contributed by atoms with van der Waals surface area (Å²) in [7, 11) is 5.85. The van der Waals surface area contributed by atoms with Crippen molar-refractivity contribution >= 4 is 5.97 Å². The highest BCUT2D eigenvalue weighted by Gasteiger charge is 2.34. The number of hydrogen-bond acceptors (Lipinski definition) is 4. The number of rotatable bonds is 4. The fourth-order valence-corrected chi connectivity index (χ4v) is 1.72. The van der Waals surface area contributed by atoms with Gasteiger partial charge in [0.25, 0.3) is 0 Å². The molecule has 0 aliphatic carbocycles. The summed E-state index contributed by atoms with van der Waals surface area (Å²) >= 11 is 0. The number of carbonyl (C=O) groups is 1. The van der Waals surface area contributed by atoms with Crippen molar-refractivity contribution in [2.75, 3.05) is 47.3 Å². The number of likely N-dealkylation sites (N-methyl/N-ethyl adjacent to an activating group) is 2. The Hall–Kier alpha value is -0.650. The summed E-state index contributed by atoms with van der Waals surface area (Å²) in [5, 5.41) is 9.02.